The molecule has 13 heavy (non-hydrogen) atoms. The van der Waals surface area contributed by atoms with E-state index >= 15 is 0 Å². The summed E-state index contributed by atoms with van der Waals surface area (Å²) in [6, 6.07) is -0.203. The van der Waals surface area contributed by atoms with Crippen molar-refractivity contribution in [2.24, 2.45) is 4.99 Å². The van der Waals surface area contributed by atoms with Crippen LogP contribution in [0.2, 0.25) is 0 Å². The highest BCUT2D eigenvalue weighted by Gasteiger charge is 2.12. The summed E-state index contributed by atoms with van der Waals surface area (Å²) in [5.74, 6) is 3.33. The Morgan fingerprint density at radius 2 is 2.69 bits per heavy atom. The largest absolute Gasteiger partial charge is 0.323 e. The molecule has 1 aliphatic rings. The summed E-state index contributed by atoms with van der Waals surface area (Å²) >= 11 is 1.55. The summed E-state index contributed by atoms with van der Waals surface area (Å²) in [5.41, 5.74) is 0. The molecule has 0 aromatic rings. The Kier molecular flexibility index (Phi) is 3.65. The van der Waals surface area contributed by atoms with Gasteiger partial charge in [-0.25, -0.2) is 4.79 Å². The molecular formula is C8H11N3OS. The van der Waals surface area contributed by atoms with E-state index in [1.165, 1.54) is 4.90 Å². The maximum absolute atomic E-state index is 11.3. The van der Waals surface area contributed by atoms with Crippen molar-refractivity contribution in [1.82, 2.24) is 10.2 Å². The third-order valence-corrected chi connectivity index (χ3v) is 2.37. The number of terminal acetylenes is 1. The second-order valence-electron chi connectivity index (χ2n) is 2.53. The summed E-state index contributed by atoms with van der Waals surface area (Å²) < 4.78 is 0. The molecule has 0 saturated heterocycles. The van der Waals surface area contributed by atoms with Gasteiger partial charge in [0.15, 0.2) is 5.17 Å². The Hall–Kier alpha value is -1.15. The van der Waals surface area contributed by atoms with Gasteiger partial charge in [-0.05, 0) is 0 Å². The second-order valence-corrected chi connectivity index (χ2v) is 3.61. The Bertz CT molecular complexity index is 269. The van der Waals surface area contributed by atoms with Gasteiger partial charge in [0, 0.05) is 12.8 Å². The summed E-state index contributed by atoms with van der Waals surface area (Å²) in [6.07, 6.45) is 5.07. The van der Waals surface area contributed by atoms with Gasteiger partial charge in [0.1, 0.15) is 0 Å². The van der Waals surface area contributed by atoms with Gasteiger partial charge in [-0.3, -0.25) is 10.3 Å². The Morgan fingerprint density at radius 3 is 3.23 bits per heavy atom. The van der Waals surface area contributed by atoms with Crippen molar-refractivity contribution >= 4 is 23.0 Å². The molecule has 0 spiro atoms. The third kappa shape index (κ3) is 2.99. The fraction of sp³-hybridized carbons (Fsp3) is 0.500. The number of amides is 2. The van der Waals surface area contributed by atoms with Gasteiger partial charge in [-0.15, -0.1) is 6.42 Å². The van der Waals surface area contributed by atoms with Crippen molar-refractivity contribution in [3.63, 3.8) is 0 Å². The number of carbonyl (C=O) groups excluding carboxylic acids is 1. The van der Waals surface area contributed by atoms with Crippen molar-refractivity contribution in [2.45, 2.75) is 0 Å². The molecule has 2 amide bonds. The SMILES string of the molecule is C#CCN(C)C(=O)NC1=NCCS1. The molecule has 0 saturated carbocycles. The molecule has 4 nitrogen and oxygen atoms in total. The van der Waals surface area contributed by atoms with E-state index in [2.05, 4.69) is 16.2 Å². The van der Waals surface area contributed by atoms with E-state index in [1.807, 2.05) is 0 Å². The van der Waals surface area contributed by atoms with Crippen LogP contribution in [0.1, 0.15) is 0 Å². The molecule has 1 heterocycles. The average molecular weight is 197 g/mol. The first kappa shape index (κ1) is 9.93. The zero-order chi connectivity index (χ0) is 9.68. The molecule has 0 fully saturated rings. The number of hydrogen-bond acceptors (Lipinski definition) is 3. The van der Waals surface area contributed by atoms with Crippen molar-refractivity contribution in [1.29, 1.82) is 0 Å². The van der Waals surface area contributed by atoms with Crippen LogP contribution in [-0.2, 0) is 0 Å². The first-order valence-corrected chi connectivity index (χ1v) is 4.85. The van der Waals surface area contributed by atoms with Crippen LogP contribution in [0.25, 0.3) is 0 Å². The highest BCUT2D eigenvalue weighted by molar-refractivity contribution is 8.14. The standard InChI is InChI=1S/C8H11N3OS/c1-3-5-11(2)8(12)10-7-9-4-6-13-7/h1H,4-6H2,2H3,(H,9,10,12). The van der Waals surface area contributed by atoms with Crippen LogP contribution in [0.3, 0.4) is 0 Å². The topological polar surface area (TPSA) is 44.7 Å². The van der Waals surface area contributed by atoms with E-state index in [9.17, 15) is 4.79 Å². The van der Waals surface area contributed by atoms with Crippen LogP contribution < -0.4 is 5.32 Å². The first-order chi connectivity index (χ1) is 6.24. The molecule has 70 valence electrons. The summed E-state index contributed by atoms with van der Waals surface area (Å²) in [7, 11) is 1.65. The second kappa shape index (κ2) is 4.77. The van der Waals surface area contributed by atoms with Crippen molar-refractivity contribution < 1.29 is 4.79 Å². The minimum Gasteiger partial charge on any atom is -0.316 e. The number of carbonyl (C=O) groups is 1. The fourth-order valence-electron chi connectivity index (χ4n) is 0.806. The number of urea groups is 1. The number of hydrogen-bond donors (Lipinski definition) is 1. The zero-order valence-corrected chi connectivity index (χ0v) is 8.23. The lowest BCUT2D eigenvalue weighted by molar-refractivity contribution is 0.219. The van der Waals surface area contributed by atoms with Gasteiger partial charge in [-0.2, -0.15) is 0 Å². The van der Waals surface area contributed by atoms with E-state index < -0.39 is 0 Å². The third-order valence-electron chi connectivity index (χ3n) is 1.47. The molecule has 1 rings (SSSR count). The molecule has 0 atom stereocenters. The lowest BCUT2D eigenvalue weighted by Crippen LogP contribution is -2.39. The van der Waals surface area contributed by atoms with E-state index in [0.717, 1.165) is 12.3 Å². The molecule has 0 bridgehead atoms. The number of nitrogens with zero attached hydrogens (tertiary/aromatic N) is 2. The number of thioether (sulfide) groups is 1. The molecule has 1 aliphatic heterocycles. The predicted octanol–water partition coefficient (Wildman–Crippen LogP) is 0.364. The molecule has 0 unspecified atom stereocenters. The maximum atomic E-state index is 11.3. The lowest BCUT2D eigenvalue weighted by atomic mass is 10.6. The van der Waals surface area contributed by atoms with Crippen LogP contribution >= 0.6 is 11.8 Å². The van der Waals surface area contributed by atoms with Gasteiger partial charge in [0.05, 0.1) is 13.1 Å². The number of amidine groups is 1. The molecule has 0 aromatic carbocycles. The maximum Gasteiger partial charge on any atom is 0.323 e. The quantitative estimate of drug-likeness (QED) is 0.617. The summed E-state index contributed by atoms with van der Waals surface area (Å²) in [6.45, 7) is 1.09. The lowest BCUT2D eigenvalue weighted by Gasteiger charge is -2.13. The highest BCUT2D eigenvalue weighted by atomic mass is 32.2. The van der Waals surface area contributed by atoms with Gasteiger partial charge >= 0.3 is 6.03 Å². The van der Waals surface area contributed by atoms with E-state index in [-0.39, 0.29) is 6.03 Å². The van der Waals surface area contributed by atoms with Gasteiger partial charge in [-0.1, -0.05) is 17.7 Å². The minimum atomic E-state index is -0.203. The van der Waals surface area contributed by atoms with Crippen molar-refractivity contribution in [3.05, 3.63) is 0 Å². The van der Waals surface area contributed by atoms with Crippen molar-refractivity contribution in [3.8, 4) is 12.3 Å². The molecular weight excluding hydrogens is 186 g/mol. The summed E-state index contributed by atoms with van der Waals surface area (Å²) in [5, 5.41) is 3.36. The molecule has 0 aromatic heterocycles. The predicted molar refractivity (Wildman–Crippen MR) is 54.8 cm³/mol. The smallest absolute Gasteiger partial charge is 0.316 e. The van der Waals surface area contributed by atoms with Gasteiger partial charge < -0.3 is 4.90 Å². The molecule has 0 radical (unpaired) electrons. The van der Waals surface area contributed by atoms with E-state index in [1.54, 1.807) is 18.8 Å². The molecule has 0 aliphatic carbocycles. The average Bonchev–Trinajstić information content (AvgIpc) is 2.57. The van der Waals surface area contributed by atoms with Crippen LogP contribution in [0.5, 0.6) is 0 Å². The van der Waals surface area contributed by atoms with Crippen LogP contribution in [0, 0.1) is 12.3 Å². The number of rotatable bonds is 1. The first-order valence-electron chi connectivity index (χ1n) is 3.87. The Morgan fingerprint density at radius 1 is 1.92 bits per heavy atom. The van der Waals surface area contributed by atoms with Crippen LogP contribution in [-0.4, -0.2) is 42.0 Å². The van der Waals surface area contributed by atoms with Crippen LogP contribution in [0.4, 0.5) is 4.79 Å². The van der Waals surface area contributed by atoms with Gasteiger partial charge in [0.25, 0.3) is 0 Å². The number of nitrogens with one attached hydrogen (secondary N) is 1. The normalized spacial score (nSPS) is 14.6. The van der Waals surface area contributed by atoms with E-state index in [0.29, 0.717) is 11.7 Å². The molecule has 5 heteroatoms. The minimum absolute atomic E-state index is 0.203. The summed E-state index contributed by atoms with van der Waals surface area (Å²) in [4.78, 5) is 16.8. The number of aliphatic imine (C=N–C) groups is 1. The Balaban J connectivity index is 2.36. The van der Waals surface area contributed by atoms with Crippen LogP contribution in [0.15, 0.2) is 4.99 Å². The highest BCUT2D eigenvalue weighted by Crippen LogP contribution is 2.08. The monoisotopic (exact) mass is 197 g/mol. The van der Waals surface area contributed by atoms with Crippen molar-refractivity contribution in [2.75, 3.05) is 25.9 Å². The van der Waals surface area contributed by atoms with E-state index in [4.69, 9.17) is 6.42 Å². The zero-order valence-electron chi connectivity index (χ0n) is 7.41. The Labute approximate surface area is 81.8 Å². The van der Waals surface area contributed by atoms with Gasteiger partial charge in [0.2, 0.25) is 0 Å². The molecule has 1 N–H and O–H groups in total. The fourth-order valence-corrected chi connectivity index (χ4v) is 1.52.